The van der Waals surface area contributed by atoms with Crippen LogP contribution in [0.4, 0.5) is 0 Å². The molecular weight excluding hydrogens is 244 g/mol. The van der Waals surface area contributed by atoms with Gasteiger partial charge in [0, 0.05) is 16.9 Å². The molecule has 0 saturated carbocycles. The van der Waals surface area contributed by atoms with E-state index in [4.69, 9.17) is 5.73 Å². The van der Waals surface area contributed by atoms with Gasteiger partial charge >= 0.3 is 0 Å². The highest BCUT2D eigenvalue weighted by Crippen LogP contribution is 2.28. The summed E-state index contributed by atoms with van der Waals surface area (Å²) in [7, 11) is 0. The van der Waals surface area contributed by atoms with Gasteiger partial charge in [0.25, 0.3) is 0 Å². The number of rotatable bonds is 1. The third-order valence-corrected chi connectivity index (χ3v) is 3.13. The van der Waals surface area contributed by atoms with Crippen LogP contribution >= 0.6 is 15.9 Å². The fourth-order valence-electron chi connectivity index (χ4n) is 1.71. The van der Waals surface area contributed by atoms with Crippen molar-refractivity contribution < 1.29 is 4.79 Å². The molecule has 74 valence electrons. The first kappa shape index (κ1) is 9.68. The second-order valence-corrected chi connectivity index (χ2v) is 4.29. The molecule has 0 bridgehead atoms. The molecule has 1 aliphatic rings. The Morgan fingerprint density at radius 1 is 1.43 bits per heavy atom. The van der Waals surface area contributed by atoms with Crippen molar-refractivity contribution in [1.29, 1.82) is 0 Å². The molecule has 0 aliphatic carbocycles. The number of amides is 1. The van der Waals surface area contributed by atoms with Gasteiger partial charge in [-0.25, -0.2) is 0 Å². The van der Waals surface area contributed by atoms with Crippen LogP contribution in [0.25, 0.3) is 0 Å². The van der Waals surface area contributed by atoms with Gasteiger partial charge in [0.15, 0.2) is 0 Å². The molecule has 14 heavy (non-hydrogen) atoms. The highest BCUT2D eigenvalue weighted by atomic mass is 79.9. The number of hydrogen-bond donors (Lipinski definition) is 2. The third kappa shape index (κ3) is 1.67. The van der Waals surface area contributed by atoms with Crippen LogP contribution < -0.4 is 11.1 Å². The van der Waals surface area contributed by atoms with Gasteiger partial charge in [-0.1, -0.05) is 34.1 Å². The summed E-state index contributed by atoms with van der Waals surface area (Å²) in [4.78, 5) is 11.1. The molecule has 2 unspecified atom stereocenters. The Hall–Kier alpha value is -0.870. The predicted octanol–water partition coefficient (Wildman–Crippen LogP) is 1.34. The highest BCUT2D eigenvalue weighted by molar-refractivity contribution is 9.10. The Morgan fingerprint density at radius 2 is 2.14 bits per heavy atom. The van der Waals surface area contributed by atoms with E-state index >= 15 is 0 Å². The fourth-order valence-corrected chi connectivity index (χ4v) is 2.24. The zero-order valence-corrected chi connectivity index (χ0v) is 9.12. The van der Waals surface area contributed by atoms with E-state index in [0.717, 1.165) is 10.0 Å². The van der Waals surface area contributed by atoms with Crippen molar-refractivity contribution in [3.63, 3.8) is 0 Å². The second kappa shape index (κ2) is 3.71. The average Bonchev–Trinajstić information content (AvgIpc) is 2.46. The van der Waals surface area contributed by atoms with E-state index in [9.17, 15) is 4.79 Å². The lowest BCUT2D eigenvalue weighted by molar-refractivity contribution is -0.119. The minimum Gasteiger partial charge on any atom is -0.348 e. The number of carbonyl (C=O) groups is 1. The van der Waals surface area contributed by atoms with Crippen molar-refractivity contribution >= 4 is 21.8 Å². The third-order valence-electron chi connectivity index (χ3n) is 2.41. The molecule has 4 heteroatoms. The smallest absolute Gasteiger partial charge is 0.222 e. The van der Waals surface area contributed by atoms with Crippen molar-refractivity contribution in [3.05, 3.63) is 34.3 Å². The first-order chi connectivity index (χ1) is 6.68. The average molecular weight is 255 g/mol. The topological polar surface area (TPSA) is 55.1 Å². The Bertz CT molecular complexity index is 367. The fraction of sp³-hybridized carbons (Fsp3) is 0.300. The summed E-state index contributed by atoms with van der Waals surface area (Å²) < 4.78 is 0.989. The van der Waals surface area contributed by atoms with Crippen LogP contribution in [-0.4, -0.2) is 11.9 Å². The van der Waals surface area contributed by atoms with Crippen molar-refractivity contribution in [2.24, 2.45) is 5.73 Å². The predicted molar refractivity (Wildman–Crippen MR) is 57.6 cm³/mol. The molecule has 0 aromatic heterocycles. The van der Waals surface area contributed by atoms with Crippen LogP contribution in [-0.2, 0) is 4.79 Å². The summed E-state index contributed by atoms with van der Waals surface area (Å²) >= 11 is 3.45. The van der Waals surface area contributed by atoms with Crippen molar-refractivity contribution in [2.45, 2.75) is 18.5 Å². The van der Waals surface area contributed by atoms with Crippen LogP contribution in [0.1, 0.15) is 18.0 Å². The van der Waals surface area contributed by atoms with Crippen LogP contribution in [0.2, 0.25) is 0 Å². The van der Waals surface area contributed by atoms with E-state index in [0.29, 0.717) is 6.42 Å². The van der Waals surface area contributed by atoms with Gasteiger partial charge in [0.1, 0.15) is 0 Å². The molecule has 3 N–H and O–H groups in total. The molecule has 1 saturated heterocycles. The van der Waals surface area contributed by atoms with Gasteiger partial charge in [-0.15, -0.1) is 0 Å². The van der Waals surface area contributed by atoms with E-state index in [1.165, 1.54) is 0 Å². The van der Waals surface area contributed by atoms with E-state index in [-0.39, 0.29) is 18.0 Å². The minimum absolute atomic E-state index is 0.0262. The molecule has 1 aliphatic heterocycles. The Balaban J connectivity index is 2.32. The highest BCUT2D eigenvalue weighted by Gasteiger charge is 2.31. The van der Waals surface area contributed by atoms with E-state index in [2.05, 4.69) is 21.2 Å². The van der Waals surface area contributed by atoms with Crippen LogP contribution in [0.5, 0.6) is 0 Å². The number of nitrogens with one attached hydrogen (secondary N) is 1. The van der Waals surface area contributed by atoms with Gasteiger partial charge in [-0.05, 0) is 11.6 Å². The second-order valence-electron chi connectivity index (χ2n) is 3.43. The number of carbonyl (C=O) groups excluding carboxylic acids is 1. The van der Waals surface area contributed by atoms with Crippen LogP contribution in [0.15, 0.2) is 28.7 Å². The Morgan fingerprint density at radius 3 is 2.71 bits per heavy atom. The normalized spacial score (nSPS) is 26.3. The summed E-state index contributed by atoms with van der Waals surface area (Å²) in [6.45, 7) is 0. The summed E-state index contributed by atoms with van der Waals surface area (Å²) in [6, 6.07) is 7.62. The Labute approximate surface area is 90.8 Å². The van der Waals surface area contributed by atoms with E-state index in [1.54, 1.807) is 0 Å². The molecule has 2 atom stereocenters. The van der Waals surface area contributed by atoms with E-state index < -0.39 is 0 Å². The monoisotopic (exact) mass is 254 g/mol. The SMILES string of the molecule is NC1CC(=O)NC1c1ccccc1Br. The number of nitrogens with two attached hydrogens (primary N) is 1. The maximum Gasteiger partial charge on any atom is 0.222 e. The lowest BCUT2D eigenvalue weighted by Crippen LogP contribution is -2.28. The lowest BCUT2D eigenvalue weighted by atomic mass is 10.0. The number of benzene rings is 1. The first-order valence-electron chi connectivity index (χ1n) is 4.48. The zero-order valence-electron chi connectivity index (χ0n) is 7.53. The molecule has 1 fully saturated rings. The summed E-state index contributed by atoms with van der Waals surface area (Å²) in [5, 5.41) is 2.87. The quantitative estimate of drug-likeness (QED) is 0.795. The van der Waals surface area contributed by atoms with Crippen LogP contribution in [0, 0.1) is 0 Å². The van der Waals surface area contributed by atoms with Gasteiger partial charge in [-0.2, -0.15) is 0 Å². The molecule has 1 aromatic carbocycles. The standard InChI is InChI=1S/C10H11BrN2O/c11-7-4-2-1-3-6(7)10-8(12)5-9(14)13-10/h1-4,8,10H,5,12H2,(H,13,14). The molecule has 3 nitrogen and oxygen atoms in total. The van der Waals surface area contributed by atoms with Gasteiger partial charge < -0.3 is 11.1 Å². The maximum atomic E-state index is 11.1. The van der Waals surface area contributed by atoms with Gasteiger partial charge in [0.05, 0.1) is 6.04 Å². The molecule has 0 radical (unpaired) electrons. The lowest BCUT2D eigenvalue weighted by Gasteiger charge is -2.16. The summed E-state index contributed by atoms with van der Waals surface area (Å²) in [5.41, 5.74) is 6.91. The minimum atomic E-state index is -0.124. The molecular formula is C10H11BrN2O. The maximum absolute atomic E-state index is 11.1. The largest absolute Gasteiger partial charge is 0.348 e. The molecule has 0 spiro atoms. The van der Waals surface area contributed by atoms with Crippen LogP contribution in [0.3, 0.4) is 0 Å². The van der Waals surface area contributed by atoms with Crippen molar-refractivity contribution in [3.8, 4) is 0 Å². The molecule has 2 rings (SSSR count). The Kier molecular flexibility index (Phi) is 2.56. The van der Waals surface area contributed by atoms with Gasteiger partial charge in [-0.3, -0.25) is 4.79 Å². The molecule has 1 aromatic rings. The summed E-state index contributed by atoms with van der Waals surface area (Å²) in [6.07, 6.45) is 0.409. The summed E-state index contributed by atoms with van der Waals surface area (Å²) in [5.74, 6) is 0.0262. The number of halogens is 1. The van der Waals surface area contributed by atoms with Gasteiger partial charge in [0.2, 0.25) is 5.91 Å². The first-order valence-corrected chi connectivity index (χ1v) is 5.27. The molecule has 1 heterocycles. The molecule has 1 amide bonds. The van der Waals surface area contributed by atoms with Crippen molar-refractivity contribution in [1.82, 2.24) is 5.32 Å². The number of hydrogen-bond acceptors (Lipinski definition) is 2. The van der Waals surface area contributed by atoms with Crippen molar-refractivity contribution in [2.75, 3.05) is 0 Å². The van der Waals surface area contributed by atoms with E-state index in [1.807, 2.05) is 24.3 Å². The zero-order chi connectivity index (χ0) is 10.1.